The number of rotatable bonds is 10. The Morgan fingerprint density at radius 2 is 0.968 bits per heavy atom. The van der Waals surface area contributed by atoms with Crippen LogP contribution in [0.1, 0.15) is 102 Å². The van der Waals surface area contributed by atoms with Gasteiger partial charge in [-0.3, -0.25) is 0 Å². The van der Waals surface area contributed by atoms with Crippen molar-refractivity contribution < 1.29 is 10.2 Å². The van der Waals surface area contributed by atoms with Crippen LogP contribution in [0.15, 0.2) is 34.1 Å². The molecule has 0 aromatic heterocycles. The van der Waals surface area contributed by atoms with Crippen LogP contribution >= 0.6 is 11.8 Å². The van der Waals surface area contributed by atoms with Crippen molar-refractivity contribution in [2.75, 3.05) is 0 Å². The van der Waals surface area contributed by atoms with E-state index in [2.05, 4.69) is 67.5 Å². The minimum Gasteiger partial charge on any atom is -0.508 e. The van der Waals surface area contributed by atoms with E-state index in [4.69, 9.17) is 0 Å². The van der Waals surface area contributed by atoms with Gasteiger partial charge in [-0.1, -0.05) is 67.2 Å². The summed E-state index contributed by atoms with van der Waals surface area (Å²) in [6.07, 6.45) is 3.91. The molecule has 2 aromatic rings. The quantitative estimate of drug-likeness (QED) is 0.386. The van der Waals surface area contributed by atoms with E-state index in [1.807, 2.05) is 12.1 Å². The molecule has 0 aliphatic carbocycles. The smallest absolute Gasteiger partial charge is 0.119 e. The fraction of sp³-hybridized carbons (Fsp3) is 0.571. The SMILES string of the molecule is CC(C)CCc1cc(Sc2cc(CCC(C)C)c(O)cc2C(C)C)c(C(C)C)cc1O. The second kappa shape index (κ2) is 11.3. The molecule has 0 unspecified atom stereocenters. The minimum atomic E-state index is 0.326. The first-order valence-corrected chi connectivity index (χ1v) is 12.7. The lowest BCUT2D eigenvalue weighted by molar-refractivity contribution is 0.461. The molecule has 3 heteroatoms. The maximum Gasteiger partial charge on any atom is 0.119 e. The Kier molecular flexibility index (Phi) is 9.36. The van der Waals surface area contributed by atoms with Crippen molar-refractivity contribution in [1.29, 1.82) is 0 Å². The highest BCUT2D eigenvalue weighted by molar-refractivity contribution is 7.99. The molecular weight excluding hydrogens is 400 g/mol. The van der Waals surface area contributed by atoms with Gasteiger partial charge in [-0.2, -0.15) is 0 Å². The Labute approximate surface area is 194 Å². The van der Waals surface area contributed by atoms with Crippen LogP contribution in [0.2, 0.25) is 0 Å². The summed E-state index contributed by atoms with van der Waals surface area (Å²) in [6, 6.07) is 8.33. The molecule has 2 nitrogen and oxygen atoms in total. The van der Waals surface area contributed by atoms with Crippen molar-refractivity contribution in [3.63, 3.8) is 0 Å². The molecule has 2 N–H and O–H groups in total. The maximum absolute atomic E-state index is 10.6. The Morgan fingerprint density at radius 3 is 1.26 bits per heavy atom. The Morgan fingerprint density at radius 1 is 0.613 bits per heavy atom. The summed E-state index contributed by atoms with van der Waals surface area (Å²) < 4.78 is 0. The molecule has 0 fully saturated rings. The normalized spacial score (nSPS) is 12.0. The number of aromatic hydroxyl groups is 2. The van der Waals surface area contributed by atoms with Crippen molar-refractivity contribution in [1.82, 2.24) is 0 Å². The van der Waals surface area contributed by atoms with Crippen molar-refractivity contribution >= 4 is 11.8 Å². The zero-order valence-electron chi connectivity index (χ0n) is 20.7. The van der Waals surface area contributed by atoms with Crippen LogP contribution < -0.4 is 0 Å². The number of hydrogen-bond donors (Lipinski definition) is 2. The summed E-state index contributed by atoms with van der Waals surface area (Å²) >= 11 is 1.79. The van der Waals surface area contributed by atoms with Crippen LogP contribution in [0, 0.1) is 11.8 Å². The molecule has 172 valence electrons. The van der Waals surface area contributed by atoms with Gasteiger partial charge < -0.3 is 10.2 Å². The van der Waals surface area contributed by atoms with Gasteiger partial charge in [0, 0.05) is 9.79 Å². The van der Waals surface area contributed by atoms with Crippen LogP contribution in [0.25, 0.3) is 0 Å². The van der Waals surface area contributed by atoms with Gasteiger partial charge >= 0.3 is 0 Å². The summed E-state index contributed by atoms with van der Waals surface area (Å²) in [6.45, 7) is 17.6. The van der Waals surface area contributed by atoms with Gasteiger partial charge in [0.25, 0.3) is 0 Å². The van der Waals surface area contributed by atoms with Crippen molar-refractivity contribution in [3.8, 4) is 11.5 Å². The average molecular weight is 443 g/mol. The first-order chi connectivity index (χ1) is 14.5. The van der Waals surface area contributed by atoms with E-state index in [-0.39, 0.29) is 0 Å². The molecule has 31 heavy (non-hydrogen) atoms. The number of aryl methyl sites for hydroxylation is 2. The summed E-state index contributed by atoms with van der Waals surface area (Å²) in [4.78, 5) is 2.43. The average Bonchev–Trinajstić information content (AvgIpc) is 2.67. The summed E-state index contributed by atoms with van der Waals surface area (Å²) in [5.41, 5.74) is 4.43. The van der Waals surface area contributed by atoms with E-state index in [0.29, 0.717) is 35.2 Å². The summed E-state index contributed by atoms with van der Waals surface area (Å²) in [7, 11) is 0. The molecule has 0 aliphatic heterocycles. The number of phenols is 2. The van der Waals surface area contributed by atoms with Crippen LogP contribution in [0.5, 0.6) is 11.5 Å². The van der Waals surface area contributed by atoms with E-state index in [1.54, 1.807) is 11.8 Å². The third-order valence-corrected chi connectivity index (χ3v) is 7.02. The lowest BCUT2D eigenvalue weighted by Crippen LogP contribution is -2.00. The van der Waals surface area contributed by atoms with Gasteiger partial charge in [-0.25, -0.2) is 0 Å². The van der Waals surface area contributed by atoms with Gasteiger partial charge in [-0.05, 0) is 95.9 Å². The minimum absolute atomic E-state index is 0.326. The lowest BCUT2D eigenvalue weighted by Gasteiger charge is -2.20. The van der Waals surface area contributed by atoms with Crippen molar-refractivity contribution in [2.45, 2.75) is 103 Å². The summed E-state index contributed by atoms with van der Waals surface area (Å²) in [5, 5.41) is 21.3. The maximum atomic E-state index is 10.6. The number of hydrogen-bond acceptors (Lipinski definition) is 3. The molecule has 0 saturated heterocycles. The van der Waals surface area contributed by atoms with Gasteiger partial charge in [-0.15, -0.1) is 0 Å². The van der Waals surface area contributed by atoms with Crippen molar-refractivity contribution in [3.05, 3.63) is 46.5 Å². The lowest BCUT2D eigenvalue weighted by atomic mass is 9.96. The van der Waals surface area contributed by atoms with Crippen LogP contribution in [0.4, 0.5) is 0 Å². The fourth-order valence-electron chi connectivity index (χ4n) is 3.74. The third kappa shape index (κ3) is 7.20. The highest BCUT2D eigenvalue weighted by atomic mass is 32.2. The van der Waals surface area contributed by atoms with Crippen LogP contribution in [-0.2, 0) is 12.8 Å². The number of phenolic OH excluding ortho intramolecular Hbond substituents is 2. The van der Waals surface area contributed by atoms with Crippen LogP contribution in [-0.4, -0.2) is 10.2 Å². The third-order valence-electron chi connectivity index (χ3n) is 5.87. The topological polar surface area (TPSA) is 40.5 Å². The molecule has 2 aromatic carbocycles. The van der Waals surface area contributed by atoms with Gasteiger partial charge in [0.15, 0.2) is 0 Å². The largest absolute Gasteiger partial charge is 0.508 e. The van der Waals surface area contributed by atoms with Crippen molar-refractivity contribution in [2.24, 2.45) is 11.8 Å². The van der Waals surface area contributed by atoms with E-state index >= 15 is 0 Å². The van der Waals surface area contributed by atoms with Gasteiger partial charge in [0.1, 0.15) is 11.5 Å². The van der Waals surface area contributed by atoms with E-state index < -0.39 is 0 Å². The number of benzene rings is 2. The Hall–Kier alpha value is -1.61. The second-order valence-electron chi connectivity index (χ2n) is 10.3. The molecule has 0 radical (unpaired) electrons. The molecule has 0 heterocycles. The predicted molar refractivity (Wildman–Crippen MR) is 135 cm³/mol. The van der Waals surface area contributed by atoms with Gasteiger partial charge in [0.05, 0.1) is 0 Å². The zero-order valence-corrected chi connectivity index (χ0v) is 21.6. The second-order valence-corrected chi connectivity index (χ2v) is 11.4. The Bertz CT molecular complexity index is 794. The highest BCUT2D eigenvalue weighted by Gasteiger charge is 2.18. The molecule has 0 saturated carbocycles. The fourth-order valence-corrected chi connectivity index (χ4v) is 5.20. The Balaban J connectivity index is 2.51. The molecule has 2 rings (SSSR count). The van der Waals surface area contributed by atoms with E-state index in [1.165, 1.54) is 20.9 Å². The predicted octanol–water partition coefficient (Wildman–Crippen LogP) is 8.67. The van der Waals surface area contributed by atoms with Crippen LogP contribution in [0.3, 0.4) is 0 Å². The highest BCUT2D eigenvalue weighted by Crippen LogP contribution is 2.43. The summed E-state index contributed by atoms with van der Waals surface area (Å²) in [5.74, 6) is 2.70. The first kappa shape index (κ1) is 25.6. The van der Waals surface area contributed by atoms with E-state index in [9.17, 15) is 10.2 Å². The first-order valence-electron chi connectivity index (χ1n) is 11.9. The molecule has 0 amide bonds. The molecular formula is C28H42O2S. The molecule has 0 bridgehead atoms. The zero-order chi connectivity index (χ0) is 23.3. The van der Waals surface area contributed by atoms with Gasteiger partial charge in [0.2, 0.25) is 0 Å². The standard InChI is InChI=1S/C28H42O2S/c1-17(2)9-11-21-13-27(23(19(5)6)15-25(21)29)31-28-14-22(12-10-18(3)4)26(30)16-24(28)20(7)8/h13-20,29-30H,9-12H2,1-8H3. The molecule has 0 spiro atoms. The van der Waals surface area contributed by atoms with E-state index in [0.717, 1.165) is 36.8 Å². The molecule has 0 atom stereocenters. The molecule has 0 aliphatic rings. The monoisotopic (exact) mass is 442 g/mol.